The fourth-order valence-electron chi connectivity index (χ4n) is 4.01. The molecule has 6 nitrogen and oxygen atoms in total. The molecule has 2 N–H and O–H groups in total. The summed E-state index contributed by atoms with van der Waals surface area (Å²) in [7, 11) is 0. The summed E-state index contributed by atoms with van der Waals surface area (Å²) in [6.07, 6.45) is 11.2. The SMILES string of the molecule is c1cnc(-n2ccnc2)c(CNC2CCCC2C2COCCN2)c1. The summed E-state index contributed by atoms with van der Waals surface area (Å²) in [5.41, 5.74) is 1.20. The number of aromatic nitrogens is 3. The highest BCUT2D eigenvalue weighted by atomic mass is 16.5. The Bertz CT molecular complexity index is 639. The molecule has 1 saturated carbocycles. The van der Waals surface area contributed by atoms with Crippen LogP contribution in [-0.4, -0.2) is 46.4 Å². The van der Waals surface area contributed by atoms with Gasteiger partial charge in [0.2, 0.25) is 0 Å². The molecular weight excluding hydrogens is 302 g/mol. The van der Waals surface area contributed by atoms with Crippen molar-refractivity contribution >= 4 is 0 Å². The van der Waals surface area contributed by atoms with E-state index >= 15 is 0 Å². The van der Waals surface area contributed by atoms with E-state index in [0.29, 0.717) is 18.0 Å². The summed E-state index contributed by atoms with van der Waals surface area (Å²) in [6.45, 7) is 3.48. The molecule has 3 atom stereocenters. The highest BCUT2D eigenvalue weighted by Gasteiger charge is 2.34. The standard InChI is InChI=1S/C18H25N5O/c1-4-15(17-12-24-10-8-20-17)16(5-1)22-11-14-3-2-6-21-18(14)23-9-7-19-13-23/h2-3,6-7,9,13,15-17,20,22H,1,4-5,8,10-12H2. The van der Waals surface area contributed by atoms with Gasteiger partial charge < -0.3 is 15.4 Å². The number of nitrogens with zero attached hydrogens (tertiary/aromatic N) is 3. The summed E-state index contributed by atoms with van der Waals surface area (Å²) in [4.78, 5) is 8.66. The van der Waals surface area contributed by atoms with Gasteiger partial charge in [-0.25, -0.2) is 9.97 Å². The van der Waals surface area contributed by atoms with Crippen LogP contribution in [0.4, 0.5) is 0 Å². The fraction of sp³-hybridized carbons (Fsp3) is 0.556. The molecule has 3 heterocycles. The molecule has 0 aromatic carbocycles. The van der Waals surface area contributed by atoms with Crippen molar-refractivity contribution in [2.75, 3.05) is 19.8 Å². The fourth-order valence-corrected chi connectivity index (χ4v) is 4.01. The predicted molar refractivity (Wildman–Crippen MR) is 91.9 cm³/mol. The zero-order valence-corrected chi connectivity index (χ0v) is 13.9. The van der Waals surface area contributed by atoms with E-state index < -0.39 is 0 Å². The number of morpholine rings is 1. The van der Waals surface area contributed by atoms with Crippen LogP contribution in [0.5, 0.6) is 0 Å². The summed E-state index contributed by atoms with van der Waals surface area (Å²) in [5, 5.41) is 7.41. The van der Waals surface area contributed by atoms with Crippen LogP contribution in [0.3, 0.4) is 0 Å². The molecule has 0 amide bonds. The Hall–Kier alpha value is -1.76. The van der Waals surface area contributed by atoms with Gasteiger partial charge in [0.05, 0.1) is 13.2 Å². The molecule has 24 heavy (non-hydrogen) atoms. The van der Waals surface area contributed by atoms with Gasteiger partial charge in [-0.2, -0.15) is 0 Å². The van der Waals surface area contributed by atoms with E-state index in [2.05, 4.69) is 26.7 Å². The second-order valence-electron chi connectivity index (χ2n) is 6.67. The zero-order valence-electron chi connectivity index (χ0n) is 13.9. The molecule has 2 aromatic heterocycles. The van der Waals surface area contributed by atoms with Crippen molar-refractivity contribution in [3.05, 3.63) is 42.6 Å². The molecular formula is C18H25N5O. The number of ether oxygens (including phenoxy) is 1. The lowest BCUT2D eigenvalue weighted by Gasteiger charge is -2.33. The Morgan fingerprint density at radius 2 is 2.33 bits per heavy atom. The maximum absolute atomic E-state index is 5.66. The van der Waals surface area contributed by atoms with Crippen LogP contribution < -0.4 is 10.6 Å². The topological polar surface area (TPSA) is 64.0 Å². The van der Waals surface area contributed by atoms with E-state index in [-0.39, 0.29) is 0 Å². The van der Waals surface area contributed by atoms with Crippen LogP contribution in [0.1, 0.15) is 24.8 Å². The van der Waals surface area contributed by atoms with Gasteiger partial charge in [-0.15, -0.1) is 0 Å². The second-order valence-corrected chi connectivity index (χ2v) is 6.67. The van der Waals surface area contributed by atoms with Crippen LogP contribution in [0.2, 0.25) is 0 Å². The summed E-state index contributed by atoms with van der Waals surface area (Å²) in [6, 6.07) is 5.17. The number of hydrogen-bond donors (Lipinski definition) is 2. The monoisotopic (exact) mass is 327 g/mol. The molecule has 0 spiro atoms. The van der Waals surface area contributed by atoms with Gasteiger partial charge in [0, 0.05) is 49.3 Å². The van der Waals surface area contributed by atoms with Crippen LogP contribution in [0.15, 0.2) is 37.1 Å². The molecule has 3 unspecified atom stereocenters. The minimum absolute atomic E-state index is 0.487. The highest BCUT2D eigenvalue weighted by Crippen LogP contribution is 2.30. The molecule has 4 rings (SSSR count). The molecule has 2 fully saturated rings. The Kier molecular flexibility index (Phi) is 4.87. The molecule has 128 valence electrons. The van der Waals surface area contributed by atoms with Crippen molar-refractivity contribution in [3.8, 4) is 5.82 Å². The molecule has 2 aromatic rings. The molecule has 0 bridgehead atoms. The van der Waals surface area contributed by atoms with Crippen molar-refractivity contribution in [1.29, 1.82) is 0 Å². The van der Waals surface area contributed by atoms with E-state index in [1.165, 1.54) is 24.8 Å². The minimum atomic E-state index is 0.487. The molecule has 0 radical (unpaired) electrons. The largest absolute Gasteiger partial charge is 0.379 e. The molecule has 1 aliphatic heterocycles. The normalized spacial score (nSPS) is 27.4. The first kappa shape index (κ1) is 15.7. The third-order valence-corrected chi connectivity index (χ3v) is 5.21. The van der Waals surface area contributed by atoms with Gasteiger partial charge in [-0.05, 0) is 24.8 Å². The van der Waals surface area contributed by atoms with E-state index in [1.807, 2.05) is 23.0 Å². The summed E-state index contributed by atoms with van der Waals surface area (Å²) in [5.74, 6) is 1.61. The van der Waals surface area contributed by atoms with Crippen molar-refractivity contribution in [2.24, 2.45) is 5.92 Å². The first-order chi connectivity index (χ1) is 11.9. The third-order valence-electron chi connectivity index (χ3n) is 5.21. The number of pyridine rings is 1. The average Bonchev–Trinajstić information content (AvgIpc) is 3.33. The average molecular weight is 327 g/mol. The first-order valence-electron chi connectivity index (χ1n) is 8.88. The van der Waals surface area contributed by atoms with Crippen molar-refractivity contribution in [3.63, 3.8) is 0 Å². The van der Waals surface area contributed by atoms with Gasteiger partial charge in [-0.3, -0.25) is 4.57 Å². The van der Waals surface area contributed by atoms with E-state index in [4.69, 9.17) is 4.74 Å². The van der Waals surface area contributed by atoms with Crippen LogP contribution in [0.25, 0.3) is 5.82 Å². The smallest absolute Gasteiger partial charge is 0.142 e. The maximum atomic E-state index is 5.66. The molecule has 2 aliphatic rings. The van der Waals surface area contributed by atoms with Crippen molar-refractivity contribution in [2.45, 2.75) is 37.9 Å². The van der Waals surface area contributed by atoms with E-state index in [1.54, 1.807) is 12.5 Å². The van der Waals surface area contributed by atoms with E-state index in [9.17, 15) is 0 Å². The van der Waals surface area contributed by atoms with E-state index in [0.717, 1.165) is 32.1 Å². The lowest BCUT2D eigenvalue weighted by Crippen LogP contribution is -2.50. The zero-order chi connectivity index (χ0) is 16.2. The Labute approximate surface area is 142 Å². The Balaban J connectivity index is 1.43. The number of imidazole rings is 1. The number of nitrogens with one attached hydrogen (secondary N) is 2. The van der Waals surface area contributed by atoms with Crippen LogP contribution >= 0.6 is 0 Å². The quantitative estimate of drug-likeness (QED) is 0.872. The van der Waals surface area contributed by atoms with Crippen molar-refractivity contribution in [1.82, 2.24) is 25.2 Å². The maximum Gasteiger partial charge on any atom is 0.142 e. The molecule has 1 saturated heterocycles. The predicted octanol–water partition coefficient (Wildman–Crippen LogP) is 1.51. The van der Waals surface area contributed by atoms with Crippen LogP contribution in [0, 0.1) is 5.92 Å². The van der Waals surface area contributed by atoms with Gasteiger partial charge in [0.25, 0.3) is 0 Å². The van der Waals surface area contributed by atoms with Crippen LogP contribution in [-0.2, 0) is 11.3 Å². The number of rotatable bonds is 5. The Morgan fingerprint density at radius 1 is 1.33 bits per heavy atom. The molecule has 1 aliphatic carbocycles. The molecule has 6 heteroatoms. The minimum Gasteiger partial charge on any atom is -0.379 e. The summed E-state index contributed by atoms with van der Waals surface area (Å²) >= 11 is 0. The van der Waals surface area contributed by atoms with Crippen molar-refractivity contribution < 1.29 is 4.74 Å². The van der Waals surface area contributed by atoms with Gasteiger partial charge in [0.1, 0.15) is 12.1 Å². The second kappa shape index (κ2) is 7.42. The third kappa shape index (κ3) is 3.36. The summed E-state index contributed by atoms with van der Waals surface area (Å²) < 4.78 is 7.64. The number of hydrogen-bond acceptors (Lipinski definition) is 5. The lowest BCUT2D eigenvalue weighted by atomic mass is 9.94. The van der Waals surface area contributed by atoms with Gasteiger partial charge in [0.15, 0.2) is 0 Å². The first-order valence-corrected chi connectivity index (χ1v) is 8.88. The Morgan fingerprint density at radius 3 is 3.17 bits per heavy atom. The lowest BCUT2D eigenvalue weighted by molar-refractivity contribution is 0.0524. The highest BCUT2D eigenvalue weighted by molar-refractivity contribution is 5.33. The van der Waals surface area contributed by atoms with Gasteiger partial charge in [-0.1, -0.05) is 12.5 Å². The van der Waals surface area contributed by atoms with Gasteiger partial charge >= 0.3 is 0 Å².